The zero-order valence-corrected chi connectivity index (χ0v) is 6.37. The lowest BCUT2D eigenvalue weighted by molar-refractivity contribution is 0.0903. The number of aliphatic hydroxyl groups excluding tert-OH is 1. The SMILES string of the molecule is Cc1cccc(C(=O)CO)c1. The van der Waals surface area contributed by atoms with Crippen molar-refractivity contribution in [3.05, 3.63) is 35.4 Å². The first-order chi connectivity index (χ1) is 5.24. The summed E-state index contributed by atoms with van der Waals surface area (Å²) in [6.07, 6.45) is 0. The van der Waals surface area contributed by atoms with Gasteiger partial charge in [0.15, 0.2) is 5.78 Å². The molecule has 0 heterocycles. The molecule has 2 heteroatoms. The summed E-state index contributed by atoms with van der Waals surface area (Å²) in [4.78, 5) is 10.9. The standard InChI is InChI=1S/C9H10O2/c1-7-3-2-4-8(5-7)9(11)6-10/h2-5,10H,6H2,1H3. The van der Waals surface area contributed by atoms with Crippen molar-refractivity contribution < 1.29 is 9.90 Å². The molecule has 0 radical (unpaired) electrons. The van der Waals surface area contributed by atoms with Crippen molar-refractivity contribution in [2.24, 2.45) is 0 Å². The highest BCUT2D eigenvalue weighted by atomic mass is 16.3. The van der Waals surface area contributed by atoms with E-state index in [0.29, 0.717) is 5.56 Å². The van der Waals surface area contributed by atoms with Crippen LogP contribution in [0.15, 0.2) is 24.3 Å². The minimum Gasteiger partial charge on any atom is -0.388 e. The first kappa shape index (κ1) is 7.95. The molecule has 0 aliphatic carbocycles. The lowest BCUT2D eigenvalue weighted by Gasteiger charge is -1.97. The van der Waals surface area contributed by atoms with Gasteiger partial charge in [-0.2, -0.15) is 0 Å². The van der Waals surface area contributed by atoms with Crippen LogP contribution in [0.4, 0.5) is 0 Å². The number of aryl methyl sites for hydroxylation is 1. The first-order valence-electron chi connectivity index (χ1n) is 3.45. The molecule has 58 valence electrons. The zero-order chi connectivity index (χ0) is 8.27. The largest absolute Gasteiger partial charge is 0.388 e. The van der Waals surface area contributed by atoms with E-state index in [1.54, 1.807) is 18.2 Å². The maximum absolute atomic E-state index is 10.9. The molecular formula is C9H10O2. The molecule has 0 aliphatic heterocycles. The summed E-state index contributed by atoms with van der Waals surface area (Å²) in [5.41, 5.74) is 1.61. The monoisotopic (exact) mass is 150 g/mol. The fourth-order valence-corrected chi connectivity index (χ4v) is 0.910. The third-order valence-corrected chi connectivity index (χ3v) is 1.48. The highest BCUT2D eigenvalue weighted by molar-refractivity contribution is 5.96. The third-order valence-electron chi connectivity index (χ3n) is 1.48. The number of hydrogen-bond donors (Lipinski definition) is 1. The van der Waals surface area contributed by atoms with Crippen molar-refractivity contribution in [1.29, 1.82) is 0 Å². The van der Waals surface area contributed by atoms with E-state index in [1.165, 1.54) is 0 Å². The molecule has 0 aliphatic rings. The van der Waals surface area contributed by atoms with Crippen LogP contribution in [-0.2, 0) is 0 Å². The Labute approximate surface area is 65.5 Å². The average Bonchev–Trinajstić information content (AvgIpc) is 2.03. The van der Waals surface area contributed by atoms with Gasteiger partial charge in [0.25, 0.3) is 0 Å². The van der Waals surface area contributed by atoms with E-state index in [2.05, 4.69) is 0 Å². The van der Waals surface area contributed by atoms with Crippen LogP contribution in [0.3, 0.4) is 0 Å². The summed E-state index contributed by atoms with van der Waals surface area (Å²) in [6, 6.07) is 7.18. The maximum Gasteiger partial charge on any atom is 0.188 e. The molecule has 0 aromatic heterocycles. The number of Topliss-reactive ketones (excluding diaryl/α,β-unsaturated/α-hetero) is 1. The Balaban J connectivity index is 2.96. The third kappa shape index (κ3) is 1.88. The van der Waals surface area contributed by atoms with Gasteiger partial charge >= 0.3 is 0 Å². The molecule has 0 amide bonds. The first-order valence-corrected chi connectivity index (χ1v) is 3.45. The van der Waals surface area contributed by atoms with Gasteiger partial charge in [0.1, 0.15) is 6.61 Å². The fourth-order valence-electron chi connectivity index (χ4n) is 0.910. The summed E-state index contributed by atoms with van der Waals surface area (Å²) in [7, 11) is 0. The van der Waals surface area contributed by atoms with Gasteiger partial charge in [0.2, 0.25) is 0 Å². The average molecular weight is 150 g/mol. The van der Waals surface area contributed by atoms with Crippen molar-refractivity contribution in [3.8, 4) is 0 Å². The molecule has 0 atom stereocenters. The van der Waals surface area contributed by atoms with Crippen molar-refractivity contribution in [1.82, 2.24) is 0 Å². The van der Waals surface area contributed by atoms with Gasteiger partial charge in [-0.15, -0.1) is 0 Å². The summed E-state index contributed by atoms with van der Waals surface area (Å²) in [5, 5.41) is 8.53. The molecule has 1 N–H and O–H groups in total. The van der Waals surface area contributed by atoms with E-state index in [4.69, 9.17) is 5.11 Å². The number of ketones is 1. The lowest BCUT2D eigenvalue weighted by Crippen LogP contribution is -2.03. The van der Waals surface area contributed by atoms with Gasteiger partial charge in [-0.05, 0) is 13.0 Å². The Morgan fingerprint density at radius 2 is 2.27 bits per heavy atom. The Bertz CT molecular complexity index is 266. The zero-order valence-electron chi connectivity index (χ0n) is 6.37. The molecule has 0 bridgehead atoms. The van der Waals surface area contributed by atoms with E-state index in [-0.39, 0.29) is 5.78 Å². The number of carbonyl (C=O) groups is 1. The Hall–Kier alpha value is -1.15. The number of hydrogen-bond acceptors (Lipinski definition) is 2. The van der Waals surface area contributed by atoms with Crippen molar-refractivity contribution >= 4 is 5.78 Å². The number of carbonyl (C=O) groups excluding carboxylic acids is 1. The Kier molecular flexibility index (Phi) is 2.39. The van der Waals surface area contributed by atoms with Crippen molar-refractivity contribution in [2.75, 3.05) is 6.61 Å². The van der Waals surface area contributed by atoms with Crippen LogP contribution in [-0.4, -0.2) is 17.5 Å². The van der Waals surface area contributed by atoms with Crippen LogP contribution in [0, 0.1) is 6.92 Å². The molecule has 0 saturated carbocycles. The molecule has 2 nitrogen and oxygen atoms in total. The van der Waals surface area contributed by atoms with Crippen molar-refractivity contribution in [3.63, 3.8) is 0 Å². The van der Waals surface area contributed by atoms with Gasteiger partial charge in [-0.3, -0.25) is 4.79 Å². The van der Waals surface area contributed by atoms with Crippen LogP contribution in [0.25, 0.3) is 0 Å². The summed E-state index contributed by atoms with van der Waals surface area (Å²) in [6.45, 7) is 1.50. The smallest absolute Gasteiger partial charge is 0.188 e. The molecule has 0 unspecified atom stereocenters. The lowest BCUT2D eigenvalue weighted by atomic mass is 10.1. The van der Waals surface area contributed by atoms with Gasteiger partial charge in [0.05, 0.1) is 0 Å². The molecular weight excluding hydrogens is 140 g/mol. The van der Waals surface area contributed by atoms with Gasteiger partial charge < -0.3 is 5.11 Å². The second kappa shape index (κ2) is 3.30. The van der Waals surface area contributed by atoms with Crippen LogP contribution in [0.2, 0.25) is 0 Å². The minimum atomic E-state index is -0.413. The molecule has 0 fully saturated rings. The highest BCUT2D eigenvalue weighted by Crippen LogP contribution is 2.03. The van der Waals surface area contributed by atoms with Gasteiger partial charge in [-0.25, -0.2) is 0 Å². The topological polar surface area (TPSA) is 37.3 Å². The fraction of sp³-hybridized carbons (Fsp3) is 0.222. The molecule has 1 aromatic carbocycles. The van der Waals surface area contributed by atoms with E-state index in [9.17, 15) is 4.79 Å². The van der Waals surface area contributed by atoms with E-state index in [0.717, 1.165) is 5.56 Å². The number of benzene rings is 1. The van der Waals surface area contributed by atoms with E-state index < -0.39 is 6.61 Å². The molecule has 0 saturated heterocycles. The maximum atomic E-state index is 10.9. The summed E-state index contributed by atoms with van der Waals surface area (Å²) < 4.78 is 0. The molecule has 11 heavy (non-hydrogen) atoms. The molecule has 1 aromatic rings. The van der Waals surface area contributed by atoms with Crippen LogP contribution in [0.5, 0.6) is 0 Å². The summed E-state index contributed by atoms with van der Waals surface area (Å²) in [5.74, 6) is -0.228. The van der Waals surface area contributed by atoms with Crippen LogP contribution < -0.4 is 0 Å². The van der Waals surface area contributed by atoms with Crippen LogP contribution in [0.1, 0.15) is 15.9 Å². The predicted molar refractivity (Wildman–Crippen MR) is 42.6 cm³/mol. The highest BCUT2D eigenvalue weighted by Gasteiger charge is 2.01. The minimum absolute atomic E-state index is 0.228. The van der Waals surface area contributed by atoms with E-state index in [1.807, 2.05) is 13.0 Å². The van der Waals surface area contributed by atoms with Crippen LogP contribution >= 0.6 is 0 Å². The Morgan fingerprint density at radius 3 is 2.82 bits per heavy atom. The quantitative estimate of drug-likeness (QED) is 0.642. The molecule has 1 rings (SSSR count). The van der Waals surface area contributed by atoms with Crippen molar-refractivity contribution in [2.45, 2.75) is 6.92 Å². The molecule has 0 spiro atoms. The number of aliphatic hydroxyl groups is 1. The van der Waals surface area contributed by atoms with Gasteiger partial charge in [0, 0.05) is 5.56 Å². The normalized spacial score (nSPS) is 9.64. The van der Waals surface area contributed by atoms with Gasteiger partial charge in [-0.1, -0.05) is 23.8 Å². The van der Waals surface area contributed by atoms with E-state index >= 15 is 0 Å². The predicted octanol–water partition coefficient (Wildman–Crippen LogP) is 1.17. The Morgan fingerprint density at radius 1 is 1.55 bits per heavy atom. The second-order valence-electron chi connectivity index (χ2n) is 2.45. The number of rotatable bonds is 2. The second-order valence-corrected chi connectivity index (χ2v) is 2.45. The summed E-state index contributed by atoms with van der Waals surface area (Å²) >= 11 is 0.